The van der Waals surface area contributed by atoms with Crippen molar-refractivity contribution >= 4 is 29.0 Å². The molecule has 0 radical (unpaired) electrons. The number of hydrogen-bond donors (Lipinski definition) is 0. The molecule has 29 heavy (non-hydrogen) atoms. The van der Waals surface area contributed by atoms with E-state index in [4.69, 9.17) is 4.74 Å². The Morgan fingerprint density at radius 1 is 1.14 bits per heavy atom. The molecule has 152 valence electrons. The van der Waals surface area contributed by atoms with Gasteiger partial charge >= 0.3 is 6.61 Å². The SMILES string of the molecule is CCOc1cc(/C=C2\SC(=O)N(Cc3ccccc3F)C2=O)ccc1OC(F)F. The third-order valence-corrected chi connectivity index (χ3v) is 4.85. The molecule has 9 heteroatoms. The van der Waals surface area contributed by atoms with Crippen molar-refractivity contribution in [3.05, 3.63) is 64.3 Å². The van der Waals surface area contributed by atoms with E-state index in [9.17, 15) is 22.8 Å². The van der Waals surface area contributed by atoms with Crippen LogP contribution in [0.15, 0.2) is 47.4 Å². The molecule has 0 atom stereocenters. The number of thioether (sulfide) groups is 1. The Balaban J connectivity index is 1.83. The summed E-state index contributed by atoms with van der Waals surface area (Å²) in [5.41, 5.74) is 0.689. The van der Waals surface area contributed by atoms with Crippen molar-refractivity contribution in [2.45, 2.75) is 20.1 Å². The summed E-state index contributed by atoms with van der Waals surface area (Å²) in [7, 11) is 0. The first-order chi connectivity index (χ1) is 13.9. The lowest BCUT2D eigenvalue weighted by Crippen LogP contribution is -2.27. The number of alkyl halides is 2. The minimum atomic E-state index is -3.00. The Kier molecular flexibility index (Phi) is 6.48. The number of carbonyl (C=O) groups excluding carboxylic acids is 2. The summed E-state index contributed by atoms with van der Waals surface area (Å²) in [6.07, 6.45) is 1.45. The van der Waals surface area contributed by atoms with Crippen LogP contribution < -0.4 is 9.47 Å². The zero-order valence-electron chi connectivity index (χ0n) is 15.2. The van der Waals surface area contributed by atoms with Crippen LogP contribution >= 0.6 is 11.8 Å². The average molecular weight is 423 g/mol. The Morgan fingerprint density at radius 2 is 1.90 bits per heavy atom. The Bertz CT molecular complexity index is 964. The van der Waals surface area contributed by atoms with Gasteiger partial charge in [0.1, 0.15) is 5.82 Å². The van der Waals surface area contributed by atoms with Crippen LogP contribution in [0, 0.1) is 5.82 Å². The summed E-state index contributed by atoms with van der Waals surface area (Å²) in [5, 5.41) is -0.521. The smallest absolute Gasteiger partial charge is 0.387 e. The molecule has 5 nitrogen and oxygen atoms in total. The summed E-state index contributed by atoms with van der Waals surface area (Å²) in [5.74, 6) is -1.11. The summed E-state index contributed by atoms with van der Waals surface area (Å²) in [4.78, 5) is 25.9. The molecule has 2 aromatic rings. The van der Waals surface area contributed by atoms with Crippen LogP contribution in [0.4, 0.5) is 18.0 Å². The monoisotopic (exact) mass is 423 g/mol. The zero-order valence-corrected chi connectivity index (χ0v) is 16.0. The molecule has 0 aromatic heterocycles. The molecule has 0 aliphatic carbocycles. The lowest BCUT2D eigenvalue weighted by atomic mass is 10.1. The quantitative estimate of drug-likeness (QED) is 0.583. The van der Waals surface area contributed by atoms with E-state index in [1.54, 1.807) is 13.0 Å². The van der Waals surface area contributed by atoms with E-state index in [1.165, 1.54) is 42.5 Å². The molecule has 1 saturated heterocycles. The first-order valence-electron chi connectivity index (χ1n) is 8.59. The second kappa shape index (κ2) is 9.04. The Morgan fingerprint density at radius 3 is 2.59 bits per heavy atom. The Labute approximate surface area is 169 Å². The van der Waals surface area contributed by atoms with Gasteiger partial charge in [-0.05, 0) is 48.5 Å². The number of hydrogen-bond acceptors (Lipinski definition) is 5. The van der Waals surface area contributed by atoms with Crippen molar-refractivity contribution in [1.29, 1.82) is 0 Å². The highest BCUT2D eigenvalue weighted by molar-refractivity contribution is 8.18. The van der Waals surface area contributed by atoms with Gasteiger partial charge in [0, 0.05) is 5.56 Å². The van der Waals surface area contributed by atoms with Crippen molar-refractivity contribution in [1.82, 2.24) is 4.90 Å². The predicted octanol–water partition coefficient (Wildman–Crippen LogP) is 5.06. The van der Waals surface area contributed by atoms with Crippen LogP contribution in [0.3, 0.4) is 0 Å². The molecular weight excluding hydrogens is 407 g/mol. The molecule has 1 fully saturated rings. The number of carbonyl (C=O) groups is 2. The topological polar surface area (TPSA) is 55.8 Å². The maximum absolute atomic E-state index is 13.8. The molecule has 0 N–H and O–H groups in total. The molecule has 3 rings (SSSR count). The van der Waals surface area contributed by atoms with Gasteiger partial charge < -0.3 is 9.47 Å². The zero-order chi connectivity index (χ0) is 21.0. The van der Waals surface area contributed by atoms with Gasteiger partial charge in [-0.15, -0.1) is 0 Å². The maximum Gasteiger partial charge on any atom is 0.387 e. The maximum atomic E-state index is 13.8. The number of halogens is 3. The standard InChI is InChI=1S/C20H16F3NO4S/c1-2-27-16-9-12(7-8-15(16)28-19(22)23)10-17-18(25)24(20(26)29-17)11-13-5-3-4-6-14(13)21/h3-10,19H,2,11H2,1H3/b17-10-. The van der Waals surface area contributed by atoms with Crippen molar-refractivity contribution in [3.63, 3.8) is 0 Å². The van der Waals surface area contributed by atoms with Crippen LogP contribution in [-0.2, 0) is 11.3 Å². The highest BCUT2D eigenvalue weighted by atomic mass is 32.2. The van der Waals surface area contributed by atoms with Gasteiger partial charge in [-0.2, -0.15) is 8.78 Å². The number of rotatable bonds is 7. The van der Waals surface area contributed by atoms with Gasteiger partial charge in [0.25, 0.3) is 11.1 Å². The molecule has 1 heterocycles. The van der Waals surface area contributed by atoms with E-state index in [2.05, 4.69) is 4.74 Å². The fourth-order valence-electron chi connectivity index (χ4n) is 2.66. The molecule has 1 aliphatic heterocycles. The highest BCUT2D eigenvalue weighted by Crippen LogP contribution is 2.36. The predicted molar refractivity (Wildman–Crippen MR) is 102 cm³/mol. The van der Waals surface area contributed by atoms with Crippen LogP contribution in [0.25, 0.3) is 6.08 Å². The third kappa shape index (κ3) is 4.92. The van der Waals surface area contributed by atoms with Crippen LogP contribution in [-0.4, -0.2) is 29.3 Å². The number of nitrogens with zero attached hydrogens (tertiary/aromatic N) is 1. The van der Waals surface area contributed by atoms with Crippen molar-refractivity contribution in [2.24, 2.45) is 0 Å². The number of imide groups is 1. The summed E-state index contributed by atoms with van der Waals surface area (Å²) in [6, 6.07) is 10.1. The van der Waals surface area contributed by atoms with E-state index < -0.39 is 23.6 Å². The van der Waals surface area contributed by atoms with Crippen molar-refractivity contribution < 1.29 is 32.2 Å². The summed E-state index contributed by atoms with van der Waals surface area (Å²) >= 11 is 0.720. The van der Waals surface area contributed by atoms with Crippen LogP contribution in [0.2, 0.25) is 0 Å². The molecule has 0 unspecified atom stereocenters. The molecular formula is C20H16F3NO4S. The van der Waals surface area contributed by atoms with Gasteiger partial charge in [0.05, 0.1) is 18.1 Å². The lowest BCUT2D eigenvalue weighted by molar-refractivity contribution is -0.123. The van der Waals surface area contributed by atoms with E-state index in [0.29, 0.717) is 5.56 Å². The minimum Gasteiger partial charge on any atom is -0.490 e. The van der Waals surface area contributed by atoms with Crippen LogP contribution in [0.5, 0.6) is 11.5 Å². The third-order valence-electron chi connectivity index (χ3n) is 3.94. The minimum absolute atomic E-state index is 0.0899. The number of benzene rings is 2. The molecule has 2 amide bonds. The Hall–Kier alpha value is -2.94. The number of amides is 2. The normalized spacial score (nSPS) is 15.5. The first kappa shape index (κ1) is 20.8. The van der Waals surface area contributed by atoms with Gasteiger partial charge in [0.15, 0.2) is 11.5 Å². The van der Waals surface area contributed by atoms with Crippen molar-refractivity contribution in [2.75, 3.05) is 6.61 Å². The molecule has 0 saturated carbocycles. The average Bonchev–Trinajstić information content (AvgIpc) is 2.93. The number of ether oxygens (including phenoxy) is 2. The molecule has 1 aliphatic rings. The van der Waals surface area contributed by atoms with Gasteiger partial charge in [0.2, 0.25) is 0 Å². The first-order valence-corrected chi connectivity index (χ1v) is 9.41. The highest BCUT2D eigenvalue weighted by Gasteiger charge is 2.35. The second-order valence-corrected chi connectivity index (χ2v) is 6.87. The fraction of sp³-hybridized carbons (Fsp3) is 0.200. The molecule has 0 bridgehead atoms. The van der Waals surface area contributed by atoms with Crippen molar-refractivity contribution in [3.8, 4) is 11.5 Å². The molecule has 2 aromatic carbocycles. The van der Waals surface area contributed by atoms with Gasteiger partial charge in [-0.1, -0.05) is 24.3 Å². The fourth-order valence-corrected chi connectivity index (χ4v) is 3.50. The summed E-state index contributed by atoms with van der Waals surface area (Å²) < 4.78 is 48.6. The van der Waals surface area contributed by atoms with E-state index in [0.717, 1.165) is 16.7 Å². The van der Waals surface area contributed by atoms with Gasteiger partial charge in [-0.25, -0.2) is 4.39 Å². The largest absolute Gasteiger partial charge is 0.490 e. The van der Waals surface area contributed by atoms with E-state index >= 15 is 0 Å². The molecule has 0 spiro atoms. The lowest BCUT2D eigenvalue weighted by Gasteiger charge is -2.13. The second-order valence-electron chi connectivity index (χ2n) is 5.88. The summed E-state index contributed by atoms with van der Waals surface area (Å²) in [6.45, 7) is -1.27. The van der Waals surface area contributed by atoms with Gasteiger partial charge in [-0.3, -0.25) is 14.5 Å². The van der Waals surface area contributed by atoms with Crippen LogP contribution in [0.1, 0.15) is 18.1 Å². The van der Waals surface area contributed by atoms with E-state index in [1.807, 2.05) is 0 Å². The van der Waals surface area contributed by atoms with E-state index in [-0.39, 0.29) is 35.1 Å².